The van der Waals surface area contributed by atoms with Gasteiger partial charge in [-0.3, -0.25) is 19.5 Å². The molecule has 0 unspecified atom stereocenters. The lowest BCUT2D eigenvalue weighted by atomic mass is 10.0. The highest BCUT2D eigenvalue weighted by molar-refractivity contribution is 5.99. The molecule has 9 nitrogen and oxygen atoms in total. The average molecular weight is 363 g/mol. The van der Waals surface area contributed by atoms with Crippen molar-refractivity contribution in [2.24, 2.45) is 22.2 Å². The molecule has 1 aromatic rings. The molecule has 0 aliphatic heterocycles. The number of aliphatic imine (C=N–C) groups is 1. The van der Waals surface area contributed by atoms with E-state index in [0.29, 0.717) is 12.7 Å². The number of imide groups is 1. The van der Waals surface area contributed by atoms with Crippen LogP contribution in [0.15, 0.2) is 29.3 Å². The summed E-state index contributed by atoms with van der Waals surface area (Å²) in [6, 6.07) is 4.30. The van der Waals surface area contributed by atoms with Crippen LogP contribution in [0.25, 0.3) is 0 Å². The number of phenolic OH excluding ortho intramolecular Hbond substituents is 1. The summed E-state index contributed by atoms with van der Waals surface area (Å²) in [7, 11) is 0. The fraction of sp³-hybridized carbons (Fsp3) is 0.412. The van der Waals surface area contributed by atoms with E-state index in [0.717, 1.165) is 10.5 Å². The quantitative estimate of drug-likeness (QED) is 0.194. The number of carbonyl (C=O) groups excluding carboxylic acids is 3. The first-order valence-corrected chi connectivity index (χ1v) is 8.14. The van der Waals surface area contributed by atoms with Gasteiger partial charge in [-0.2, -0.15) is 0 Å². The number of amides is 2. The Balaban J connectivity index is 2.79. The number of guanidine groups is 1. The molecule has 26 heavy (non-hydrogen) atoms. The third-order valence-electron chi connectivity index (χ3n) is 3.73. The van der Waals surface area contributed by atoms with E-state index in [2.05, 4.69) is 4.99 Å². The van der Waals surface area contributed by atoms with Crippen LogP contribution in [0.5, 0.6) is 5.75 Å². The molecule has 0 aliphatic carbocycles. The molecule has 0 radical (unpaired) electrons. The zero-order valence-corrected chi connectivity index (χ0v) is 14.7. The molecule has 1 aromatic carbocycles. The maximum absolute atomic E-state index is 12.6. The van der Waals surface area contributed by atoms with E-state index in [1.165, 1.54) is 19.1 Å². The van der Waals surface area contributed by atoms with Crippen LogP contribution in [-0.2, 0) is 20.8 Å². The van der Waals surface area contributed by atoms with Gasteiger partial charge in [0.25, 0.3) is 0 Å². The normalized spacial score (nSPS) is 12.7. The highest BCUT2D eigenvalue weighted by Gasteiger charge is 2.30. The van der Waals surface area contributed by atoms with E-state index in [4.69, 9.17) is 17.2 Å². The second kappa shape index (κ2) is 10.1. The van der Waals surface area contributed by atoms with Gasteiger partial charge in [0.1, 0.15) is 12.0 Å². The van der Waals surface area contributed by atoms with Crippen LogP contribution in [0, 0.1) is 0 Å². The van der Waals surface area contributed by atoms with Gasteiger partial charge in [-0.15, -0.1) is 0 Å². The van der Waals surface area contributed by atoms with Gasteiger partial charge < -0.3 is 27.1 Å². The van der Waals surface area contributed by atoms with E-state index >= 15 is 0 Å². The second-order valence-corrected chi connectivity index (χ2v) is 5.86. The number of nitrogens with two attached hydrogens (primary N) is 3. The zero-order valence-electron chi connectivity index (χ0n) is 14.7. The van der Waals surface area contributed by atoms with Gasteiger partial charge in [0, 0.05) is 13.5 Å². The lowest BCUT2D eigenvalue weighted by Crippen LogP contribution is -2.52. The molecule has 7 N–H and O–H groups in total. The summed E-state index contributed by atoms with van der Waals surface area (Å²) in [4.78, 5) is 40.6. The summed E-state index contributed by atoms with van der Waals surface area (Å²) in [6.07, 6.45) is 1.37. The first-order chi connectivity index (χ1) is 12.3. The number of aromatic hydroxyl groups is 1. The second-order valence-electron chi connectivity index (χ2n) is 5.86. The van der Waals surface area contributed by atoms with Crippen LogP contribution in [0.2, 0.25) is 0 Å². The van der Waals surface area contributed by atoms with E-state index in [9.17, 15) is 19.5 Å². The average Bonchev–Trinajstić information content (AvgIpc) is 2.58. The predicted molar refractivity (Wildman–Crippen MR) is 97.1 cm³/mol. The fourth-order valence-corrected chi connectivity index (χ4v) is 2.47. The van der Waals surface area contributed by atoms with Gasteiger partial charge in [-0.1, -0.05) is 12.1 Å². The zero-order chi connectivity index (χ0) is 19.7. The molecule has 1 rings (SSSR count). The summed E-state index contributed by atoms with van der Waals surface area (Å²) in [6.45, 7) is 1.49. The van der Waals surface area contributed by atoms with Crippen molar-refractivity contribution < 1.29 is 19.5 Å². The monoisotopic (exact) mass is 363 g/mol. The van der Waals surface area contributed by atoms with Crippen LogP contribution in [-0.4, -0.2) is 52.7 Å². The number of rotatable bonds is 9. The number of hydrogen-bond donors (Lipinski definition) is 4. The smallest absolute Gasteiger partial charge is 0.247 e. The van der Waals surface area contributed by atoms with Gasteiger partial charge in [-0.05, 0) is 37.0 Å². The molecule has 0 aromatic heterocycles. The molecule has 0 spiro atoms. The Hall–Kier alpha value is -2.94. The van der Waals surface area contributed by atoms with Crippen LogP contribution < -0.4 is 17.2 Å². The minimum atomic E-state index is -0.997. The molecule has 0 fully saturated rings. The van der Waals surface area contributed by atoms with Crippen LogP contribution in [0.4, 0.5) is 0 Å². The molecular weight excluding hydrogens is 338 g/mol. The van der Waals surface area contributed by atoms with E-state index in [1.807, 2.05) is 0 Å². The Bertz CT molecular complexity index is 656. The molecule has 2 amide bonds. The maximum atomic E-state index is 12.6. The topological polar surface area (TPSA) is 165 Å². The van der Waals surface area contributed by atoms with Crippen molar-refractivity contribution in [3.63, 3.8) is 0 Å². The third kappa shape index (κ3) is 6.52. The molecule has 142 valence electrons. The summed E-state index contributed by atoms with van der Waals surface area (Å²) >= 11 is 0. The Morgan fingerprint density at radius 1 is 1.27 bits per heavy atom. The van der Waals surface area contributed by atoms with E-state index < -0.39 is 23.9 Å². The minimum absolute atomic E-state index is 0.0666. The SMILES string of the molecule is CC(=O)N(C(=O)[C@@H](N)Cc1ccc(O)cc1)[C@H](C=O)CCCN=C(N)N. The number of phenols is 1. The standard InChI is InChI=1S/C17H25N5O4/c1-11(24)22(13(10-23)3-2-8-21-17(19)20)16(26)15(18)9-12-4-6-14(25)7-5-12/h4-7,10,13,15,25H,2-3,8-9,18H2,1H3,(H4,19,20,21)/t13-,15-/m0/s1. The number of nitrogens with zero attached hydrogens (tertiary/aromatic N) is 2. The van der Waals surface area contributed by atoms with Gasteiger partial charge in [0.15, 0.2) is 5.96 Å². The van der Waals surface area contributed by atoms with Crippen molar-refractivity contribution >= 4 is 24.1 Å². The Morgan fingerprint density at radius 2 is 1.88 bits per heavy atom. The summed E-state index contributed by atoms with van der Waals surface area (Å²) in [5.74, 6) is -1.16. The molecule has 0 saturated carbocycles. The highest BCUT2D eigenvalue weighted by atomic mass is 16.3. The maximum Gasteiger partial charge on any atom is 0.247 e. The van der Waals surface area contributed by atoms with Gasteiger partial charge in [0.2, 0.25) is 11.8 Å². The van der Waals surface area contributed by atoms with Crippen molar-refractivity contribution in [3.05, 3.63) is 29.8 Å². The van der Waals surface area contributed by atoms with E-state index in [1.54, 1.807) is 12.1 Å². The molecule has 2 atom stereocenters. The largest absolute Gasteiger partial charge is 0.508 e. The fourth-order valence-electron chi connectivity index (χ4n) is 2.47. The summed E-state index contributed by atoms with van der Waals surface area (Å²) < 4.78 is 0. The first kappa shape index (κ1) is 21.1. The van der Waals surface area contributed by atoms with Crippen molar-refractivity contribution in [2.45, 2.75) is 38.3 Å². The van der Waals surface area contributed by atoms with Crippen molar-refractivity contribution in [3.8, 4) is 5.75 Å². The van der Waals surface area contributed by atoms with Crippen molar-refractivity contribution in [1.29, 1.82) is 0 Å². The Labute approximate surface area is 151 Å². The van der Waals surface area contributed by atoms with Gasteiger partial charge in [0.05, 0.1) is 12.1 Å². The Kier molecular flexibility index (Phi) is 8.23. The molecule has 9 heteroatoms. The van der Waals surface area contributed by atoms with Crippen LogP contribution in [0.1, 0.15) is 25.3 Å². The minimum Gasteiger partial charge on any atom is -0.508 e. The first-order valence-electron chi connectivity index (χ1n) is 8.14. The molecular formula is C17H25N5O4. The van der Waals surface area contributed by atoms with Crippen LogP contribution >= 0.6 is 0 Å². The summed E-state index contributed by atoms with van der Waals surface area (Å²) in [5.41, 5.74) is 17.1. The number of benzene rings is 1. The lowest BCUT2D eigenvalue weighted by molar-refractivity contribution is -0.149. The lowest BCUT2D eigenvalue weighted by Gasteiger charge is -2.27. The third-order valence-corrected chi connectivity index (χ3v) is 3.73. The molecule has 0 aliphatic rings. The summed E-state index contributed by atoms with van der Waals surface area (Å²) in [5, 5.41) is 9.29. The van der Waals surface area contributed by atoms with Gasteiger partial charge in [-0.25, -0.2) is 0 Å². The van der Waals surface area contributed by atoms with Crippen LogP contribution in [0.3, 0.4) is 0 Å². The van der Waals surface area contributed by atoms with E-state index in [-0.39, 0.29) is 31.1 Å². The highest BCUT2D eigenvalue weighted by Crippen LogP contribution is 2.13. The van der Waals surface area contributed by atoms with Gasteiger partial charge >= 0.3 is 0 Å². The number of aldehydes is 1. The molecule has 0 bridgehead atoms. The molecule has 0 heterocycles. The molecule has 0 saturated heterocycles. The predicted octanol–water partition coefficient (Wildman–Crippen LogP) is -0.742. The van der Waals surface area contributed by atoms with Crippen molar-refractivity contribution in [2.75, 3.05) is 6.54 Å². The van der Waals surface area contributed by atoms with Crippen molar-refractivity contribution in [1.82, 2.24) is 4.90 Å². The Morgan fingerprint density at radius 3 is 2.38 bits per heavy atom. The number of hydrogen-bond acceptors (Lipinski definition) is 6. The number of carbonyl (C=O) groups is 3.